The van der Waals surface area contributed by atoms with Crippen LogP contribution in [0.25, 0.3) is 10.8 Å². The lowest BCUT2D eigenvalue weighted by Crippen LogP contribution is -2.42. The molecule has 0 radical (unpaired) electrons. The van der Waals surface area contributed by atoms with Crippen LogP contribution in [0.3, 0.4) is 0 Å². The Kier molecular flexibility index (Phi) is 7.97. The highest BCUT2D eigenvalue weighted by molar-refractivity contribution is 7.92. The summed E-state index contributed by atoms with van der Waals surface area (Å²) in [7, 11) is -3.99. The van der Waals surface area contributed by atoms with Crippen molar-refractivity contribution in [3.8, 4) is 0 Å². The summed E-state index contributed by atoms with van der Waals surface area (Å²) in [5, 5.41) is 5.75. The van der Waals surface area contributed by atoms with Crippen molar-refractivity contribution < 1.29 is 13.2 Å². The van der Waals surface area contributed by atoms with Gasteiger partial charge in [-0.3, -0.25) is 9.10 Å². The summed E-state index contributed by atoms with van der Waals surface area (Å²) in [4.78, 5) is 13.1. The maximum atomic E-state index is 13.5. The summed E-state index contributed by atoms with van der Waals surface area (Å²) in [6.45, 7) is 3.90. The van der Waals surface area contributed by atoms with E-state index in [1.165, 1.54) is 28.5 Å². The van der Waals surface area contributed by atoms with Gasteiger partial charge in [-0.25, -0.2) is 8.42 Å². The maximum Gasteiger partial charge on any atom is 0.264 e. The predicted molar refractivity (Wildman–Crippen MR) is 147 cm³/mol. The number of benzene rings is 4. The van der Waals surface area contributed by atoms with Crippen molar-refractivity contribution in [3.05, 3.63) is 107 Å². The first-order valence-electron chi connectivity index (χ1n) is 11.8. The van der Waals surface area contributed by atoms with Crippen LogP contribution < -0.4 is 9.62 Å². The molecule has 36 heavy (non-hydrogen) atoms. The van der Waals surface area contributed by atoms with E-state index in [2.05, 4.69) is 36.5 Å². The minimum Gasteiger partial charge on any atom is -0.354 e. The van der Waals surface area contributed by atoms with Gasteiger partial charge in [0.15, 0.2) is 0 Å². The summed E-state index contributed by atoms with van der Waals surface area (Å²) < 4.78 is 28.2. The van der Waals surface area contributed by atoms with Crippen molar-refractivity contribution in [2.24, 2.45) is 5.92 Å². The van der Waals surface area contributed by atoms with Gasteiger partial charge in [0.2, 0.25) is 5.91 Å². The van der Waals surface area contributed by atoms with Gasteiger partial charge >= 0.3 is 0 Å². The molecule has 1 unspecified atom stereocenters. The van der Waals surface area contributed by atoms with Crippen LogP contribution in [0.15, 0.2) is 95.9 Å². The van der Waals surface area contributed by atoms with Crippen LogP contribution in [0.1, 0.15) is 18.1 Å². The molecule has 4 aromatic rings. The zero-order valence-electron chi connectivity index (χ0n) is 20.3. The number of anilines is 1. The number of rotatable bonds is 9. The smallest absolute Gasteiger partial charge is 0.264 e. The maximum absolute atomic E-state index is 13.5. The van der Waals surface area contributed by atoms with Gasteiger partial charge in [-0.2, -0.15) is 0 Å². The highest BCUT2D eigenvalue weighted by Crippen LogP contribution is 2.30. The third kappa shape index (κ3) is 5.72. The summed E-state index contributed by atoms with van der Waals surface area (Å²) in [6, 6.07) is 27.6. The molecule has 1 N–H and O–H groups in total. The van der Waals surface area contributed by atoms with Gasteiger partial charge in [-0.1, -0.05) is 85.3 Å². The zero-order valence-corrected chi connectivity index (χ0v) is 21.9. The monoisotopic (exact) mass is 520 g/mol. The number of amides is 1. The largest absolute Gasteiger partial charge is 0.354 e. The molecule has 0 aliphatic rings. The second-order valence-electron chi connectivity index (χ2n) is 8.96. The molecule has 186 valence electrons. The molecule has 0 aliphatic carbocycles. The van der Waals surface area contributed by atoms with Crippen LogP contribution in [-0.4, -0.2) is 27.4 Å². The number of nitrogens with one attached hydrogen (secondary N) is 1. The third-order valence-electron chi connectivity index (χ3n) is 6.22. The number of halogens is 1. The minimum atomic E-state index is -3.99. The Hall–Kier alpha value is -3.35. The van der Waals surface area contributed by atoms with Gasteiger partial charge < -0.3 is 5.32 Å². The molecule has 4 aromatic carbocycles. The minimum absolute atomic E-state index is 0.112. The summed E-state index contributed by atoms with van der Waals surface area (Å²) in [5.41, 5.74) is 2.19. The number of fused-ring (bicyclic) bond motifs is 1. The van der Waals surface area contributed by atoms with Gasteiger partial charge in [0, 0.05) is 11.6 Å². The molecule has 0 bridgehead atoms. The third-order valence-corrected chi connectivity index (χ3v) is 8.41. The van der Waals surface area contributed by atoms with E-state index in [9.17, 15) is 13.2 Å². The van der Waals surface area contributed by atoms with E-state index in [-0.39, 0.29) is 23.3 Å². The molecular weight excluding hydrogens is 492 g/mol. The SMILES string of the molecule is Cc1c(Cl)cccc1N(CC(=O)NCC(C)Cc1cccc2ccccc12)S(=O)(=O)c1ccccc1. The van der Waals surface area contributed by atoms with E-state index in [0.29, 0.717) is 22.8 Å². The molecular formula is C29H29ClN2O3S. The molecule has 0 fully saturated rings. The van der Waals surface area contributed by atoms with Crippen molar-refractivity contribution in [1.82, 2.24) is 5.32 Å². The normalized spacial score (nSPS) is 12.3. The molecule has 0 saturated carbocycles. The van der Waals surface area contributed by atoms with E-state index in [0.717, 1.165) is 10.7 Å². The standard InChI is InChI=1S/C29H29ClN2O3S/c1-21(18-24-12-8-11-23-10-6-7-15-26(23)24)19-31-29(33)20-32(28-17-9-16-27(30)22(28)2)36(34,35)25-13-4-3-5-14-25/h3-17,21H,18-20H2,1-2H3,(H,31,33). The molecule has 4 rings (SSSR count). The molecule has 1 amide bonds. The van der Waals surface area contributed by atoms with Crippen molar-refractivity contribution in [3.63, 3.8) is 0 Å². The molecule has 0 spiro atoms. The van der Waals surface area contributed by atoms with E-state index in [1.54, 1.807) is 43.3 Å². The van der Waals surface area contributed by atoms with Gasteiger partial charge in [0.1, 0.15) is 6.54 Å². The molecule has 0 aromatic heterocycles. The zero-order chi connectivity index (χ0) is 25.7. The van der Waals surface area contributed by atoms with E-state index in [4.69, 9.17) is 11.6 Å². The van der Waals surface area contributed by atoms with E-state index < -0.39 is 10.0 Å². The predicted octanol–water partition coefficient (Wildman–Crippen LogP) is 5.99. The number of carbonyl (C=O) groups excluding carboxylic acids is 1. The fraction of sp³-hybridized carbons (Fsp3) is 0.207. The average Bonchev–Trinajstić information content (AvgIpc) is 2.88. The molecule has 7 heteroatoms. The van der Waals surface area contributed by atoms with Crippen molar-refractivity contribution in [2.45, 2.75) is 25.2 Å². The van der Waals surface area contributed by atoms with Gasteiger partial charge in [-0.15, -0.1) is 0 Å². The van der Waals surface area contributed by atoms with Crippen LogP contribution >= 0.6 is 11.6 Å². The number of hydrogen-bond acceptors (Lipinski definition) is 3. The number of carbonyl (C=O) groups is 1. The van der Waals surface area contributed by atoms with Crippen LogP contribution in [-0.2, 0) is 21.2 Å². The molecule has 0 aliphatic heterocycles. The van der Waals surface area contributed by atoms with Crippen molar-refractivity contribution >= 4 is 44.0 Å². The lowest BCUT2D eigenvalue weighted by Gasteiger charge is -2.26. The Morgan fingerprint density at radius 3 is 2.36 bits per heavy atom. The number of nitrogens with zero attached hydrogens (tertiary/aromatic N) is 1. The van der Waals surface area contributed by atoms with Crippen molar-refractivity contribution in [1.29, 1.82) is 0 Å². The summed E-state index contributed by atoms with van der Waals surface area (Å²) in [6.07, 6.45) is 0.793. The van der Waals surface area contributed by atoms with Gasteiger partial charge in [0.25, 0.3) is 10.0 Å². The number of hydrogen-bond donors (Lipinski definition) is 1. The second-order valence-corrected chi connectivity index (χ2v) is 11.2. The quantitative estimate of drug-likeness (QED) is 0.294. The van der Waals surface area contributed by atoms with Crippen LogP contribution in [0.4, 0.5) is 5.69 Å². The van der Waals surface area contributed by atoms with E-state index >= 15 is 0 Å². The Morgan fingerprint density at radius 1 is 0.917 bits per heavy atom. The Morgan fingerprint density at radius 2 is 1.58 bits per heavy atom. The Balaban J connectivity index is 1.50. The van der Waals surface area contributed by atoms with Crippen LogP contribution in [0.5, 0.6) is 0 Å². The molecule has 5 nitrogen and oxygen atoms in total. The van der Waals surface area contributed by atoms with Gasteiger partial charge in [-0.05, 0) is 65.4 Å². The van der Waals surface area contributed by atoms with Crippen LogP contribution in [0.2, 0.25) is 5.02 Å². The molecule has 0 heterocycles. The van der Waals surface area contributed by atoms with Crippen LogP contribution in [0, 0.1) is 12.8 Å². The summed E-state index contributed by atoms with van der Waals surface area (Å²) >= 11 is 6.29. The van der Waals surface area contributed by atoms with Gasteiger partial charge in [0.05, 0.1) is 10.6 Å². The fourth-order valence-electron chi connectivity index (χ4n) is 4.28. The Bertz CT molecular complexity index is 1470. The topological polar surface area (TPSA) is 66.5 Å². The highest BCUT2D eigenvalue weighted by Gasteiger charge is 2.28. The molecule has 1 atom stereocenters. The molecule has 0 saturated heterocycles. The Labute approximate surface area is 217 Å². The lowest BCUT2D eigenvalue weighted by atomic mass is 9.96. The van der Waals surface area contributed by atoms with Crippen molar-refractivity contribution in [2.75, 3.05) is 17.4 Å². The van der Waals surface area contributed by atoms with E-state index in [1.807, 2.05) is 18.2 Å². The number of sulfonamides is 1. The second kappa shape index (κ2) is 11.1. The summed E-state index contributed by atoms with van der Waals surface area (Å²) in [5.74, 6) is -0.217. The fourth-order valence-corrected chi connectivity index (χ4v) is 5.95. The highest BCUT2D eigenvalue weighted by atomic mass is 35.5. The lowest BCUT2D eigenvalue weighted by molar-refractivity contribution is -0.119. The first-order chi connectivity index (χ1) is 17.3. The first-order valence-corrected chi connectivity index (χ1v) is 13.7. The first kappa shape index (κ1) is 25.7. The average molecular weight is 521 g/mol.